The number of H-pyrrole nitrogens is 2. The van der Waals surface area contributed by atoms with Gasteiger partial charge in [-0.3, -0.25) is 38.4 Å². The molecule has 2 aromatic rings. The molecule has 0 aliphatic carbocycles. The van der Waals surface area contributed by atoms with Crippen molar-refractivity contribution in [3.05, 3.63) is 61.8 Å². The minimum Gasteiger partial charge on any atom is -0.481 e. The first-order valence-corrected chi connectivity index (χ1v) is 19.9. The summed E-state index contributed by atoms with van der Waals surface area (Å²) >= 11 is 0. The van der Waals surface area contributed by atoms with Crippen LogP contribution in [0.4, 0.5) is 0 Å². The van der Waals surface area contributed by atoms with Crippen molar-refractivity contribution in [1.29, 1.82) is 0 Å². The number of allylic oxidation sites excluding steroid dienone is 2. The Morgan fingerprint density at radius 2 is 1.11 bits per heavy atom. The highest BCUT2D eigenvalue weighted by molar-refractivity contribution is 5.78. The van der Waals surface area contributed by atoms with E-state index in [1.54, 1.807) is 26.0 Å². The normalized spacial score (nSPS) is 26.6. The molecular weight excluding hydrogens is 816 g/mol. The molecule has 0 saturated carbocycles. The first kappa shape index (κ1) is 46.4. The van der Waals surface area contributed by atoms with E-state index in [4.69, 9.17) is 0 Å². The van der Waals surface area contributed by atoms with Crippen molar-refractivity contribution in [3.63, 3.8) is 0 Å². The first-order valence-electron chi connectivity index (χ1n) is 19.9. The van der Waals surface area contributed by atoms with Crippen LogP contribution in [-0.2, 0) is 64.0 Å². The average molecular weight is 867 g/mol. The van der Waals surface area contributed by atoms with Crippen LogP contribution in [0.15, 0.2) is 17.5 Å². The van der Waals surface area contributed by atoms with Crippen LogP contribution < -0.4 is 21.3 Å². The molecule has 1 unspecified atom stereocenters. The molecule has 2 aromatic heterocycles. The van der Waals surface area contributed by atoms with Crippen molar-refractivity contribution in [2.75, 3.05) is 0 Å². The average Bonchev–Trinajstić information content (AvgIpc) is 3.77. The molecule has 6 atom stereocenters. The Labute approximate surface area is 352 Å². The van der Waals surface area contributed by atoms with E-state index in [0.29, 0.717) is 0 Å². The summed E-state index contributed by atoms with van der Waals surface area (Å²) in [7, 11) is 0. The monoisotopic (exact) mass is 866 g/mol. The molecule has 62 heavy (non-hydrogen) atoms. The maximum absolute atomic E-state index is 12.6. The van der Waals surface area contributed by atoms with Gasteiger partial charge in [-0.15, -0.1) is 0 Å². The topological polar surface area (TPSA) is 354 Å². The number of nitrogens with one attached hydrogen (secondary N) is 4. The highest BCUT2D eigenvalue weighted by atomic mass is 16.4. The lowest BCUT2D eigenvalue weighted by atomic mass is 9.67. The Hall–Kier alpha value is -6.70. The lowest BCUT2D eigenvalue weighted by molar-refractivity contribution is -0.141. The molecule has 2 saturated heterocycles. The van der Waals surface area contributed by atoms with Crippen molar-refractivity contribution in [3.8, 4) is 0 Å². The second-order valence-electron chi connectivity index (χ2n) is 16.6. The molecular formula is C42H50N4O16. The molecule has 12 N–H and O–H groups in total. The lowest BCUT2D eigenvalue weighted by Gasteiger charge is -2.35. The SMILES string of the molecule is C[C@@]1(CC(=O)O)/C2=C/[C@H]3NC(/C=c4\[nH]/c(c(CCC(=O)O)c4CC(=O)O)=C\c4[nH]c(c(CC(=O)O)c4CCC(=O)O)/C=C(\N2)[C@H]1CCC(=O)O)[C@@](C)(CC(=O)O)[C@@H]3CCC(=O)O. The zero-order chi connectivity index (χ0) is 45.8. The van der Waals surface area contributed by atoms with Gasteiger partial charge in [0, 0.05) is 88.0 Å². The van der Waals surface area contributed by atoms with Crippen molar-refractivity contribution < 1.29 is 79.2 Å². The van der Waals surface area contributed by atoms with Crippen molar-refractivity contribution in [2.45, 2.75) is 103 Å². The highest BCUT2D eigenvalue weighted by Crippen LogP contribution is 2.52. The lowest BCUT2D eigenvalue weighted by Crippen LogP contribution is -2.39. The summed E-state index contributed by atoms with van der Waals surface area (Å²) in [5.74, 6) is -11.5. The number of carbonyl (C=O) groups is 8. The standard InChI is InChI=1S/C42H50N4O16/c1-41(17-39(59)60)23(5-9-35(51)52)29-14-27-21(11-37(55)56)19(3-7-33(47)48)25(43-27)13-26-20(4-8-34(49)50)22(12-38(57)58)28(44-26)15-31-42(2,18-40(61)62)24(6-10-36(53)54)30(46-31)16-32(41)45-29/h13-16,23-24,30-31,43-46H,3-12,17-18H2,1-2H3,(H,47,48)(H,49,50)(H,51,52)(H,53,54)(H,55,56)(H,57,58)(H,59,60)(H,61,62)/b26-13-,28-15-,29-14-,32-16-/t23-,24-,30-,31?,41+,42+/m1/s1. The Balaban J connectivity index is 1.99. The van der Waals surface area contributed by atoms with E-state index in [9.17, 15) is 79.2 Å². The third kappa shape index (κ3) is 10.2. The number of carboxylic acids is 8. The summed E-state index contributed by atoms with van der Waals surface area (Å²) in [4.78, 5) is 104. The summed E-state index contributed by atoms with van der Waals surface area (Å²) in [6, 6.07) is -1.82. The number of fused-ring (bicyclic) bond motifs is 8. The van der Waals surface area contributed by atoms with Gasteiger partial charge in [0.25, 0.3) is 0 Å². The molecule has 3 aliphatic rings. The molecule has 0 radical (unpaired) electrons. The van der Waals surface area contributed by atoms with Crippen LogP contribution in [-0.4, -0.2) is 111 Å². The van der Waals surface area contributed by atoms with Gasteiger partial charge in [0.05, 0.1) is 25.7 Å². The fraction of sp³-hybridized carbons (Fsp3) is 0.476. The van der Waals surface area contributed by atoms with Crippen molar-refractivity contribution in [1.82, 2.24) is 20.6 Å². The molecule has 20 nitrogen and oxygen atoms in total. The predicted octanol–water partition coefficient (Wildman–Crippen LogP) is 1.35. The quantitative estimate of drug-likeness (QED) is 0.0893. The third-order valence-corrected chi connectivity index (χ3v) is 12.4. The second kappa shape index (κ2) is 18.5. The smallest absolute Gasteiger partial charge is 0.307 e. The molecule has 3 aliphatic heterocycles. The molecule has 0 spiro atoms. The van der Waals surface area contributed by atoms with Crippen molar-refractivity contribution in [2.24, 2.45) is 22.7 Å². The van der Waals surface area contributed by atoms with Crippen LogP contribution in [0, 0.1) is 22.7 Å². The van der Waals surface area contributed by atoms with E-state index in [1.807, 2.05) is 0 Å². The zero-order valence-corrected chi connectivity index (χ0v) is 33.9. The Morgan fingerprint density at radius 1 is 0.565 bits per heavy atom. The fourth-order valence-electron chi connectivity index (χ4n) is 9.61. The Morgan fingerprint density at radius 3 is 1.68 bits per heavy atom. The summed E-state index contributed by atoms with van der Waals surface area (Å²) in [5, 5.41) is 86.9. The minimum absolute atomic E-state index is 0.0656. The van der Waals surface area contributed by atoms with E-state index >= 15 is 0 Å². The van der Waals surface area contributed by atoms with Crippen LogP contribution in [0.25, 0.3) is 18.2 Å². The van der Waals surface area contributed by atoms with E-state index in [1.165, 1.54) is 12.2 Å². The molecule has 2 fully saturated rings. The van der Waals surface area contributed by atoms with Gasteiger partial charge in [0.2, 0.25) is 0 Å². The Kier molecular flexibility index (Phi) is 13.8. The van der Waals surface area contributed by atoms with Gasteiger partial charge < -0.3 is 61.5 Å². The maximum atomic E-state index is 12.6. The summed E-state index contributed by atoms with van der Waals surface area (Å²) in [6.45, 7) is 3.26. The Bertz CT molecular complexity index is 2390. The zero-order valence-electron chi connectivity index (χ0n) is 33.9. The number of aromatic nitrogens is 2. The van der Waals surface area contributed by atoms with Crippen LogP contribution in [0.1, 0.15) is 98.9 Å². The minimum atomic E-state index is -1.38. The molecule has 8 bridgehead atoms. The predicted molar refractivity (Wildman–Crippen MR) is 215 cm³/mol. The van der Waals surface area contributed by atoms with Crippen molar-refractivity contribution >= 4 is 66.0 Å². The fourth-order valence-corrected chi connectivity index (χ4v) is 9.61. The largest absolute Gasteiger partial charge is 0.481 e. The number of carboxylic acid groups (broad SMARTS) is 8. The number of hydrogen-bond donors (Lipinski definition) is 12. The number of hydrogen-bond acceptors (Lipinski definition) is 10. The number of aromatic amines is 2. The second-order valence-corrected chi connectivity index (χ2v) is 16.6. The molecule has 0 amide bonds. The summed E-state index contributed by atoms with van der Waals surface area (Å²) in [6.07, 6.45) is 1.62. The van der Waals surface area contributed by atoms with E-state index in [-0.39, 0.29) is 81.4 Å². The van der Waals surface area contributed by atoms with Gasteiger partial charge in [0.15, 0.2) is 0 Å². The van der Waals surface area contributed by atoms with Gasteiger partial charge in [-0.25, -0.2) is 0 Å². The van der Waals surface area contributed by atoms with Gasteiger partial charge in [0.1, 0.15) is 0 Å². The number of rotatable bonds is 20. The summed E-state index contributed by atoms with van der Waals surface area (Å²) < 4.78 is 0. The van der Waals surface area contributed by atoms with E-state index < -0.39 is 134 Å². The van der Waals surface area contributed by atoms with Gasteiger partial charge in [-0.2, -0.15) is 0 Å². The summed E-state index contributed by atoms with van der Waals surface area (Å²) in [5.41, 5.74) is -1.00. The van der Waals surface area contributed by atoms with E-state index in [0.717, 1.165) is 0 Å². The highest BCUT2D eigenvalue weighted by Gasteiger charge is 2.53. The van der Waals surface area contributed by atoms with E-state index in [2.05, 4.69) is 20.6 Å². The van der Waals surface area contributed by atoms with Crippen LogP contribution in [0.5, 0.6) is 0 Å². The number of aliphatic carboxylic acids is 8. The molecule has 334 valence electrons. The molecule has 5 rings (SSSR count). The van der Waals surface area contributed by atoms with Gasteiger partial charge in [-0.1, -0.05) is 13.8 Å². The van der Waals surface area contributed by atoms with Crippen LogP contribution >= 0.6 is 0 Å². The maximum Gasteiger partial charge on any atom is 0.307 e. The van der Waals surface area contributed by atoms with Gasteiger partial charge in [-0.05, 0) is 78.2 Å². The van der Waals surface area contributed by atoms with Crippen LogP contribution in [0.3, 0.4) is 0 Å². The van der Waals surface area contributed by atoms with Crippen LogP contribution in [0.2, 0.25) is 0 Å². The third-order valence-electron chi connectivity index (χ3n) is 12.4. The first-order chi connectivity index (χ1) is 29.0. The molecule has 20 heteroatoms. The molecule has 0 aromatic carbocycles. The molecule has 5 heterocycles. The van der Waals surface area contributed by atoms with Gasteiger partial charge >= 0.3 is 47.8 Å².